The Morgan fingerprint density at radius 1 is 1.09 bits per heavy atom. The predicted molar refractivity (Wildman–Crippen MR) is 126 cm³/mol. The molecule has 0 saturated carbocycles. The van der Waals surface area contributed by atoms with E-state index in [1.807, 2.05) is 84.8 Å². The first kappa shape index (κ1) is 21.6. The zero-order valence-electron chi connectivity index (χ0n) is 18.3. The van der Waals surface area contributed by atoms with Gasteiger partial charge in [0.05, 0.1) is 0 Å². The van der Waals surface area contributed by atoms with Crippen LogP contribution in [0.2, 0.25) is 0 Å². The van der Waals surface area contributed by atoms with Gasteiger partial charge in [0.2, 0.25) is 5.91 Å². The van der Waals surface area contributed by atoms with E-state index in [1.165, 1.54) is 0 Å². The Hall–Kier alpha value is -3.67. The zero-order chi connectivity index (χ0) is 22.2. The molecule has 32 heavy (non-hydrogen) atoms. The van der Waals surface area contributed by atoms with Crippen LogP contribution in [0.3, 0.4) is 0 Å². The average molecular weight is 429 g/mol. The number of carbonyl (C=O) groups is 1. The van der Waals surface area contributed by atoms with E-state index in [1.54, 1.807) is 12.3 Å². The molecule has 0 unspecified atom stereocenters. The van der Waals surface area contributed by atoms with Gasteiger partial charge in [0, 0.05) is 38.5 Å². The number of ether oxygens (including phenoxy) is 1. The third-order valence-electron chi connectivity index (χ3n) is 5.77. The van der Waals surface area contributed by atoms with Crippen molar-refractivity contribution in [3.05, 3.63) is 90.1 Å². The zero-order valence-corrected chi connectivity index (χ0v) is 18.3. The Morgan fingerprint density at radius 3 is 2.66 bits per heavy atom. The first-order valence-corrected chi connectivity index (χ1v) is 10.9. The first-order valence-electron chi connectivity index (χ1n) is 10.9. The molecule has 0 radical (unpaired) electrons. The fourth-order valence-electron chi connectivity index (χ4n) is 3.86. The van der Waals surface area contributed by atoms with E-state index >= 15 is 0 Å². The molecule has 1 aliphatic rings. The topological polar surface area (TPSA) is 58.6 Å². The largest absolute Gasteiger partial charge is 0.489 e. The molecule has 0 N–H and O–H groups in total. The van der Waals surface area contributed by atoms with Crippen molar-refractivity contribution in [2.45, 2.75) is 25.5 Å². The van der Waals surface area contributed by atoms with Crippen molar-refractivity contribution in [2.75, 3.05) is 25.0 Å². The Kier molecular flexibility index (Phi) is 7.12. The minimum Gasteiger partial charge on any atom is -0.489 e. The molecule has 6 nitrogen and oxygen atoms in total. The molecule has 164 valence electrons. The van der Waals surface area contributed by atoms with Gasteiger partial charge in [0.1, 0.15) is 12.4 Å². The van der Waals surface area contributed by atoms with E-state index in [0.29, 0.717) is 12.6 Å². The maximum atomic E-state index is 12.7. The molecule has 2 aromatic carbocycles. The van der Waals surface area contributed by atoms with Gasteiger partial charge in [0.15, 0.2) is 5.82 Å². The molecule has 1 saturated heterocycles. The Balaban J connectivity index is 1.28. The fourth-order valence-corrected chi connectivity index (χ4v) is 3.86. The number of anilines is 1. The van der Waals surface area contributed by atoms with E-state index in [9.17, 15) is 4.79 Å². The lowest BCUT2D eigenvalue weighted by Gasteiger charge is -2.36. The van der Waals surface area contributed by atoms with Crippen LogP contribution in [0.5, 0.6) is 5.75 Å². The summed E-state index contributed by atoms with van der Waals surface area (Å²) >= 11 is 0. The van der Waals surface area contributed by atoms with Crippen molar-refractivity contribution in [2.24, 2.45) is 0 Å². The van der Waals surface area contributed by atoms with Crippen molar-refractivity contribution in [1.82, 2.24) is 15.1 Å². The number of hydrogen-bond acceptors (Lipinski definition) is 5. The third kappa shape index (κ3) is 5.72. The molecule has 2 heterocycles. The number of benzene rings is 2. The quantitative estimate of drug-likeness (QED) is 0.528. The van der Waals surface area contributed by atoms with Gasteiger partial charge >= 0.3 is 0 Å². The summed E-state index contributed by atoms with van der Waals surface area (Å²) in [7, 11) is 2.04. The molecule has 0 aliphatic carbocycles. The van der Waals surface area contributed by atoms with Gasteiger partial charge in [-0.1, -0.05) is 42.5 Å². The molecular weight excluding hydrogens is 400 g/mol. The molecule has 4 rings (SSSR count). The van der Waals surface area contributed by atoms with Crippen LogP contribution in [0.25, 0.3) is 6.08 Å². The summed E-state index contributed by atoms with van der Waals surface area (Å²) in [6, 6.07) is 22.1. The molecule has 0 spiro atoms. The number of nitrogens with zero attached hydrogens (tertiary/aromatic N) is 4. The number of piperidine rings is 1. The Bertz CT molecular complexity index is 1030. The van der Waals surface area contributed by atoms with Crippen LogP contribution in [0.4, 0.5) is 5.82 Å². The lowest BCUT2D eigenvalue weighted by molar-refractivity contribution is -0.126. The van der Waals surface area contributed by atoms with Crippen LogP contribution in [-0.4, -0.2) is 47.2 Å². The maximum Gasteiger partial charge on any atom is 0.246 e. The smallest absolute Gasteiger partial charge is 0.246 e. The summed E-state index contributed by atoms with van der Waals surface area (Å²) in [5.74, 6) is 1.70. The SMILES string of the molecule is CN(c1cccnn1)C1CCN(C(=O)/C=C/c2cccc(OCc3ccccc3)c2)CC1. The molecule has 0 atom stereocenters. The van der Waals surface area contributed by atoms with Crippen molar-refractivity contribution >= 4 is 17.8 Å². The van der Waals surface area contributed by atoms with E-state index in [2.05, 4.69) is 15.1 Å². The minimum atomic E-state index is 0.0428. The minimum absolute atomic E-state index is 0.0428. The first-order chi connectivity index (χ1) is 15.7. The van der Waals surface area contributed by atoms with Crippen molar-refractivity contribution in [3.8, 4) is 5.75 Å². The maximum absolute atomic E-state index is 12.7. The van der Waals surface area contributed by atoms with Crippen molar-refractivity contribution < 1.29 is 9.53 Å². The summed E-state index contributed by atoms with van der Waals surface area (Å²) in [6.45, 7) is 1.99. The lowest BCUT2D eigenvalue weighted by atomic mass is 10.0. The number of aromatic nitrogens is 2. The molecule has 1 amide bonds. The second-order valence-electron chi connectivity index (χ2n) is 7.93. The van der Waals surface area contributed by atoms with Gasteiger partial charge < -0.3 is 14.5 Å². The van der Waals surface area contributed by atoms with Gasteiger partial charge in [0.25, 0.3) is 0 Å². The van der Waals surface area contributed by atoms with Gasteiger partial charge in [-0.15, -0.1) is 5.10 Å². The van der Waals surface area contributed by atoms with E-state index in [4.69, 9.17) is 4.74 Å². The molecule has 0 bridgehead atoms. The summed E-state index contributed by atoms with van der Waals surface area (Å²) in [5, 5.41) is 8.14. The van der Waals surface area contributed by atoms with E-state index < -0.39 is 0 Å². The third-order valence-corrected chi connectivity index (χ3v) is 5.77. The number of rotatable bonds is 7. The van der Waals surface area contributed by atoms with Crippen LogP contribution < -0.4 is 9.64 Å². The summed E-state index contributed by atoms with van der Waals surface area (Å²) < 4.78 is 5.88. The van der Waals surface area contributed by atoms with E-state index in [-0.39, 0.29) is 5.91 Å². The average Bonchev–Trinajstić information content (AvgIpc) is 2.87. The predicted octanol–water partition coefficient (Wildman–Crippen LogP) is 4.20. The van der Waals surface area contributed by atoms with Crippen LogP contribution in [0.1, 0.15) is 24.0 Å². The molecule has 6 heteroatoms. The summed E-state index contributed by atoms with van der Waals surface area (Å²) in [4.78, 5) is 16.8. The number of carbonyl (C=O) groups excluding carboxylic acids is 1. The van der Waals surface area contributed by atoms with Crippen LogP contribution in [0.15, 0.2) is 79.0 Å². The highest BCUT2D eigenvalue weighted by Gasteiger charge is 2.25. The number of likely N-dealkylation sites (tertiary alicyclic amines) is 1. The van der Waals surface area contributed by atoms with Crippen molar-refractivity contribution in [1.29, 1.82) is 0 Å². The fraction of sp³-hybridized carbons (Fsp3) is 0.269. The number of amides is 1. The molecule has 1 fully saturated rings. The van der Waals surface area contributed by atoms with Crippen LogP contribution in [0, 0.1) is 0 Å². The normalized spacial score (nSPS) is 14.5. The second-order valence-corrected chi connectivity index (χ2v) is 7.93. The molecule has 3 aromatic rings. The van der Waals surface area contributed by atoms with Gasteiger partial charge in [-0.2, -0.15) is 5.10 Å². The standard InChI is InChI=1S/C26H28N4O2/c1-29(25-11-6-16-27-28-25)23-14-17-30(18-15-23)26(31)13-12-21-9-5-10-24(19-21)32-20-22-7-3-2-4-8-22/h2-13,16,19,23H,14-15,17-18,20H2,1H3/b13-12+. The Labute approximate surface area is 189 Å². The molecular formula is C26H28N4O2. The molecule has 1 aromatic heterocycles. The Morgan fingerprint density at radius 2 is 1.91 bits per heavy atom. The monoisotopic (exact) mass is 428 g/mol. The van der Waals surface area contributed by atoms with Gasteiger partial charge in [-0.05, 0) is 54.3 Å². The van der Waals surface area contributed by atoms with E-state index in [0.717, 1.165) is 48.6 Å². The second kappa shape index (κ2) is 10.6. The van der Waals surface area contributed by atoms with Crippen LogP contribution >= 0.6 is 0 Å². The number of hydrogen-bond donors (Lipinski definition) is 0. The summed E-state index contributed by atoms with van der Waals surface area (Å²) in [6.07, 6.45) is 7.01. The highest BCUT2D eigenvalue weighted by atomic mass is 16.5. The van der Waals surface area contributed by atoms with Gasteiger partial charge in [-0.25, -0.2) is 0 Å². The van der Waals surface area contributed by atoms with Gasteiger partial charge in [-0.3, -0.25) is 4.79 Å². The highest BCUT2D eigenvalue weighted by Crippen LogP contribution is 2.21. The highest BCUT2D eigenvalue weighted by molar-refractivity contribution is 5.91. The molecule has 1 aliphatic heterocycles. The van der Waals surface area contributed by atoms with Crippen LogP contribution in [-0.2, 0) is 11.4 Å². The summed E-state index contributed by atoms with van der Waals surface area (Å²) in [5.41, 5.74) is 2.07. The lowest BCUT2D eigenvalue weighted by Crippen LogP contribution is -2.45. The van der Waals surface area contributed by atoms with Crippen molar-refractivity contribution in [3.63, 3.8) is 0 Å².